The predicted molar refractivity (Wildman–Crippen MR) is 102 cm³/mol. The Hall–Kier alpha value is -2.97. The molecule has 0 atom stereocenters. The molecule has 2 heterocycles. The van der Waals surface area contributed by atoms with Crippen LogP contribution in [0.2, 0.25) is 0 Å². The van der Waals surface area contributed by atoms with Gasteiger partial charge in [-0.15, -0.1) is 0 Å². The molecule has 0 bridgehead atoms. The topological polar surface area (TPSA) is 54.9 Å². The minimum atomic E-state index is -4.41. The number of aromatic nitrogens is 1. The summed E-state index contributed by atoms with van der Waals surface area (Å²) in [4.78, 5) is 20.5. The maximum Gasteiger partial charge on any atom is 0.417 e. The molecule has 0 radical (unpaired) electrons. The third-order valence-corrected chi connectivity index (χ3v) is 4.78. The van der Waals surface area contributed by atoms with Crippen LogP contribution < -0.4 is 14.4 Å². The van der Waals surface area contributed by atoms with Gasteiger partial charge in [0.2, 0.25) is 0 Å². The number of anilines is 1. The molecule has 0 spiro atoms. The smallest absolute Gasteiger partial charge is 0.417 e. The van der Waals surface area contributed by atoms with Crippen molar-refractivity contribution >= 4 is 11.7 Å². The summed E-state index contributed by atoms with van der Waals surface area (Å²) >= 11 is 0. The molecular weight excluding hydrogens is 387 g/mol. The molecular formula is C20H22F3N3O3. The number of amides is 1. The van der Waals surface area contributed by atoms with Crippen LogP contribution in [-0.4, -0.2) is 56.2 Å². The van der Waals surface area contributed by atoms with Crippen molar-refractivity contribution in [1.29, 1.82) is 0 Å². The normalized spacial score (nSPS) is 15.1. The zero-order valence-corrected chi connectivity index (χ0v) is 16.2. The maximum atomic E-state index is 12.9. The van der Waals surface area contributed by atoms with Gasteiger partial charge in [-0.25, -0.2) is 4.98 Å². The Morgan fingerprint density at radius 2 is 1.69 bits per heavy atom. The van der Waals surface area contributed by atoms with Crippen LogP contribution in [0.4, 0.5) is 19.0 Å². The molecule has 0 unspecified atom stereocenters. The highest BCUT2D eigenvalue weighted by Gasteiger charge is 2.31. The van der Waals surface area contributed by atoms with Crippen molar-refractivity contribution in [1.82, 2.24) is 9.88 Å². The molecule has 9 heteroatoms. The highest BCUT2D eigenvalue weighted by Crippen LogP contribution is 2.29. The Morgan fingerprint density at radius 3 is 2.24 bits per heavy atom. The van der Waals surface area contributed by atoms with Gasteiger partial charge in [-0.1, -0.05) is 0 Å². The van der Waals surface area contributed by atoms with Crippen LogP contribution in [0.5, 0.6) is 11.5 Å². The highest BCUT2D eigenvalue weighted by atomic mass is 19.4. The van der Waals surface area contributed by atoms with Crippen molar-refractivity contribution in [3.63, 3.8) is 0 Å². The summed E-state index contributed by atoms with van der Waals surface area (Å²) < 4.78 is 48.6. The first kappa shape index (κ1) is 20.8. The lowest BCUT2D eigenvalue weighted by Gasteiger charge is -2.23. The van der Waals surface area contributed by atoms with Gasteiger partial charge in [-0.3, -0.25) is 4.79 Å². The third kappa shape index (κ3) is 4.90. The second kappa shape index (κ2) is 8.59. The fourth-order valence-corrected chi connectivity index (χ4v) is 3.20. The predicted octanol–water partition coefficient (Wildman–Crippen LogP) is 3.47. The Labute approximate surface area is 166 Å². The van der Waals surface area contributed by atoms with Crippen LogP contribution >= 0.6 is 0 Å². The number of methoxy groups -OCH3 is 2. The number of carbonyl (C=O) groups is 1. The van der Waals surface area contributed by atoms with Gasteiger partial charge in [0.05, 0.1) is 19.8 Å². The third-order valence-electron chi connectivity index (χ3n) is 4.78. The maximum absolute atomic E-state index is 12.9. The lowest BCUT2D eigenvalue weighted by atomic mass is 10.1. The first-order valence-corrected chi connectivity index (χ1v) is 9.12. The molecule has 1 fully saturated rings. The second-order valence-corrected chi connectivity index (χ2v) is 6.64. The molecule has 29 heavy (non-hydrogen) atoms. The lowest BCUT2D eigenvalue weighted by molar-refractivity contribution is -0.137. The van der Waals surface area contributed by atoms with Crippen molar-refractivity contribution in [2.24, 2.45) is 0 Å². The van der Waals surface area contributed by atoms with E-state index in [2.05, 4.69) is 4.98 Å². The summed E-state index contributed by atoms with van der Waals surface area (Å²) in [5.74, 6) is 1.37. The van der Waals surface area contributed by atoms with E-state index in [4.69, 9.17) is 9.47 Å². The lowest BCUT2D eigenvalue weighted by Crippen LogP contribution is -2.35. The number of carbonyl (C=O) groups excluding carboxylic acids is 1. The highest BCUT2D eigenvalue weighted by molar-refractivity contribution is 5.95. The van der Waals surface area contributed by atoms with Crippen LogP contribution in [0, 0.1) is 0 Å². The Kier molecular flexibility index (Phi) is 6.14. The molecule has 3 rings (SSSR count). The zero-order valence-electron chi connectivity index (χ0n) is 16.2. The van der Waals surface area contributed by atoms with Crippen LogP contribution in [0.3, 0.4) is 0 Å². The van der Waals surface area contributed by atoms with E-state index >= 15 is 0 Å². The fraction of sp³-hybridized carbons (Fsp3) is 0.400. The molecule has 1 saturated heterocycles. The number of nitrogens with zero attached hydrogens (tertiary/aromatic N) is 3. The number of ether oxygens (including phenoxy) is 2. The first-order valence-electron chi connectivity index (χ1n) is 9.12. The Morgan fingerprint density at radius 1 is 1.00 bits per heavy atom. The van der Waals surface area contributed by atoms with Crippen molar-refractivity contribution < 1.29 is 27.4 Å². The van der Waals surface area contributed by atoms with Crippen LogP contribution in [0.15, 0.2) is 36.5 Å². The van der Waals surface area contributed by atoms with E-state index < -0.39 is 11.7 Å². The molecule has 0 aliphatic carbocycles. The molecule has 1 aromatic carbocycles. The minimum Gasteiger partial charge on any atom is -0.497 e. The Balaban J connectivity index is 1.70. The summed E-state index contributed by atoms with van der Waals surface area (Å²) in [5.41, 5.74) is -0.317. The number of benzene rings is 1. The number of halogens is 3. The van der Waals surface area contributed by atoms with Crippen molar-refractivity contribution in [2.75, 3.05) is 45.3 Å². The molecule has 1 aromatic heterocycles. The number of hydrogen-bond acceptors (Lipinski definition) is 5. The summed E-state index contributed by atoms with van der Waals surface area (Å²) in [6.07, 6.45) is -2.90. The van der Waals surface area contributed by atoms with Crippen molar-refractivity contribution in [2.45, 2.75) is 12.6 Å². The number of rotatable bonds is 4. The summed E-state index contributed by atoms with van der Waals surface area (Å²) in [7, 11) is 3.04. The quantitative estimate of drug-likeness (QED) is 0.774. The summed E-state index contributed by atoms with van der Waals surface area (Å²) in [6.45, 7) is 2.05. The van der Waals surface area contributed by atoms with Crippen LogP contribution in [0.1, 0.15) is 22.3 Å². The van der Waals surface area contributed by atoms with Gasteiger partial charge in [0.1, 0.15) is 17.3 Å². The van der Waals surface area contributed by atoms with E-state index in [0.29, 0.717) is 55.5 Å². The van der Waals surface area contributed by atoms with E-state index in [0.717, 1.165) is 12.3 Å². The molecule has 6 nitrogen and oxygen atoms in total. The molecule has 2 aromatic rings. The van der Waals surface area contributed by atoms with Gasteiger partial charge in [0.15, 0.2) is 0 Å². The molecule has 156 valence electrons. The van der Waals surface area contributed by atoms with E-state index in [-0.39, 0.29) is 5.91 Å². The van der Waals surface area contributed by atoms with Crippen LogP contribution in [-0.2, 0) is 6.18 Å². The largest absolute Gasteiger partial charge is 0.497 e. The zero-order chi connectivity index (χ0) is 21.0. The SMILES string of the molecule is COc1cc(OC)cc(C(=O)N2CCCN(c3ccc(C(F)(F)F)cn3)CC2)c1. The van der Waals surface area contributed by atoms with Gasteiger partial charge in [-0.2, -0.15) is 13.2 Å². The first-order chi connectivity index (χ1) is 13.8. The molecule has 1 aliphatic rings. The van der Waals surface area contributed by atoms with Crippen LogP contribution in [0.25, 0.3) is 0 Å². The van der Waals surface area contributed by atoms with Gasteiger partial charge < -0.3 is 19.3 Å². The van der Waals surface area contributed by atoms with Gasteiger partial charge in [0.25, 0.3) is 5.91 Å². The summed E-state index contributed by atoms with van der Waals surface area (Å²) in [5, 5.41) is 0. The fourth-order valence-electron chi connectivity index (χ4n) is 3.20. The molecule has 0 saturated carbocycles. The molecule has 1 aliphatic heterocycles. The monoisotopic (exact) mass is 409 g/mol. The standard InChI is InChI=1S/C20H22F3N3O3/c1-28-16-10-14(11-17(12-16)29-2)19(27)26-7-3-6-25(8-9-26)18-5-4-15(13-24-18)20(21,22)23/h4-5,10-13H,3,6-9H2,1-2H3. The van der Waals surface area contributed by atoms with Gasteiger partial charge in [-0.05, 0) is 30.7 Å². The van der Waals surface area contributed by atoms with Gasteiger partial charge in [0, 0.05) is 44.0 Å². The Bertz CT molecular complexity index is 834. The molecule has 1 amide bonds. The van der Waals surface area contributed by atoms with E-state index in [9.17, 15) is 18.0 Å². The van der Waals surface area contributed by atoms with Crippen molar-refractivity contribution in [3.8, 4) is 11.5 Å². The number of hydrogen-bond donors (Lipinski definition) is 0. The number of pyridine rings is 1. The van der Waals surface area contributed by atoms with Gasteiger partial charge >= 0.3 is 6.18 Å². The van der Waals surface area contributed by atoms with E-state index in [1.165, 1.54) is 20.3 Å². The van der Waals surface area contributed by atoms with E-state index in [1.54, 1.807) is 23.1 Å². The minimum absolute atomic E-state index is 0.149. The molecule has 0 N–H and O–H groups in total. The summed E-state index contributed by atoms with van der Waals surface area (Å²) in [6, 6.07) is 7.40. The average molecular weight is 409 g/mol. The van der Waals surface area contributed by atoms with E-state index in [1.807, 2.05) is 4.90 Å². The number of alkyl halides is 3. The second-order valence-electron chi connectivity index (χ2n) is 6.64. The average Bonchev–Trinajstić information content (AvgIpc) is 2.98. The van der Waals surface area contributed by atoms with Crippen molar-refractivity contribution in [3.05, 3.63) is 47.7 Å².